The molecule has 0 radical (unpaired) electrons. The Labute approximate surface area is 197 Å². The number of rotatable bonds is 9. The number of hydrogen-bond acceptors (Lipinski definition) is 6. The van der Waals surface area contributed by atoms with E-state index < -0.39 is 24.6 Å². The second-order valence-corrected chi connectivity index (χ2v) is 7.47. The number of esters is 1. The average Bonchev–Trinajstić information content (AvgIpc) is 2.82. The van der Waals surface area contributed by atoms with Gasteiger partial charge in [0.25, 0.3) is 5.91 Å². The van der Waals surface area contributed by atoms with Gasteiger partial charge in [-0.15, -0.1) is 0 Å². The maximum Gasteiger partial charge on any atom is 0.345 e. The third-order valence-corrected chi connectivity index (χ3v) is 4.97. The van der Waals surface area contributed by atoms with Gasteiger partial charge < -0.3 is 24.3 Å². The lowest BCUT2D eigenvalue weighted by molar-refractivity contribution is -0.156. The van der Waals surface area contributed by atoms with Gasteiger partial charge in [0.1, 0.15) is 5.75 Å². The van der Waals surface area contributed by atoms with E-state index in [4.69, 9.17) is 30.5 Å². The van der Waals surface area contributed by atoms with E-state index >= 15 is 0 Å². The molecule has 0 heterocycles. The van der Waals surface area contributed by atoms with E-state index in [1.807, 2.05) is 13.0 Å². The van der Waals surface area contributed by atoms with Crippen LogP contribution in [0.4, 0.5) is 5.69 Å². The first-order valence-corrected chi connectivity index (χ1v) is 10.5. The molecule has 0 aliphatic carbocycles. The number of ether oxygens (including phenoxy) is 4. The van der Waals surface area contributed by atoms with Crippen LogP contribution in [0.1, 0.15) is 17.2 Å². The molecule has 0 saturated heterocycles. The van der Waals surface area contributed by atoms with Gasteiger partial charge in [-0.3, -0.25) is 4.79 Å². The fourth-order valence-electron chi connectivity index (χ4n) is 3.05. The lowest BCUT2D eigenvalue weighted by Gasteiger charge is -2.19. The fourth-order valence-corrected chi connectivity index (χ4v) is 3.31. The number of carbonyl (C=O) groups excluding carboxylic acids is 2. The molecule has 1 amide bonds. The molecule has 33 heavy (non-hydrogen) atoms. The van der Waals surface area contributed by atoms with Crippen LogP contribution in [-0.4, -0.2) is 32.7 Å². The van der Waals surface area contributed by atoms with Gasteiger partial charge in [-0.1, -0.05) is 48.0 Å². The van der Waals surface area contributed by atoms with E-state index in [2.05, 4.69) is 5.32 Å². The highest BCUT2D eigenvalue weighted by Gasteiger charge is 2.26. The minimum absolute atomic E-state index is 0.337. The van der Waals surface area contributed by atoms with E-state index in [0.29, 0.717) is 33.5 Å². The fraction of sp³-hybridized carbons (Fsp3) is 0.200. The van der Waals surface area contributed by atoms with Crippen molar-refractivity contribution in [3.8, 4) is 17.2 Å². The molecule has 0 saturated carbocycles. The van der Waals surface area contributed by atoms with Crippen molar-refractivity contribution in [2.24, 2.45) is 0 Å². The Balaban J connectivity index is 1.72. The Morgan fingerprint density at radius 2 is 1.61 bits per heavy atom. The third kappa shape index (κ3) is 6.40. The average molecular weight is 470 g/mol. The molecule has 3 rings (SSSR count). The number of aryl methyl sites for hydroxylation is 1. The number of amides is 1. The molecule has 1 N–H and O–H groups in total. The minimum Gasteiger partial charge on any atom is -0.495 e. The first kappa shape index (κ1) is 23.9. The van der Waals surface area contributed by atoms with Gasteiger partial charge in [0.15, 0.2) is 18.1 Å². The summed E-state index contributed by atoms with van der Waals surface area (Å²) in [6, 6.07) is 18.9. The number of benzene rings is 3. The lowest BCUT2D eigenvalue weighted by atomic mass is 10.1. The van der Waals surface area contributed by atoms with Crippen LogP contribution in [0.15, 0.2) is 66.7 Å². The SMILES string of the molecule is COc1ccc(NC(=O)C(OC(=O)COc2ccc(C)cc2OC)c2ccccc2)cc1Cl. The molecule has 8 heteroatoms. The second kappa shape index (κ2) is 11.2. The van der Waals surface area contributed by atoms with Crippen molar-refractivity contribution in [2.75, 3.05) is 26.1 Å². The Kier molecular flexibility index (Phi) is 8.16. The van der Waals surface area contributed by atoms with Crippen LogP contribution in [0.5, 0.6) is 17.2 Å². The standard InChI is InChI=1S/C25H24ClNO6/c1-16-9-11-21(22(13-16)31-3)32-15-23(28)33-24(17-7-5-4-6-8-17)25(29)27-18-10-12-20(30-2)19(26)14-18/h4-14,24H,15H2,1-3H3,(H,27,29). The Hall–Kier alpha value is -3.71. The summed E-state index contributed by atoms with van der Waals surface area (Å²) in [7, 11) is 3.01. The highest BCUT2D eigenvalue weighted by Crippen LogP contribution is 2.29. The topological polar surface area (TPSA) is 83.1 Å². The normalized spacial score (nSPS) is 11.3. The Bertz CT molecular complexity index is 1120. The Morgan fingerprint density at radius 3 is 2.27 bits per heavy atom. The van der Waals surface area contributed by atoms with Crippen LogP contribution in [0.2, 0.25) is 5.02 Å². The van der Waals surface area contributed by atoms with Crippen LogP contribution < -0.4 is 19.5 Å². The van der Waals surface area contributed by atoms with Crippen molar-refractivity contribution in [3.05, 3.63) is 82.9 Å². The van der Waals surface area contributed by atoms with Crippen molar-refractivity contribution in [3.63, 3.8) is 0 Å². The Morgan fingerprint density at radius 1 is 0.909 bits per heavy atom. The minimum atomic E-state index is -1.19. The lowest BCUT2D eigenvalue weighted by Crippen LogP contribution is -2.28. The van der Waals surface area contributed by atoms with Crippen LogP contribution in [0.25, 0.3) is 0 Å². The number of anilines is 1. The summed E-state index contributed by atoms with van der Waals surface area (Å²) in [5.74, 6) is 0.118. The van der Waals surface area contributed by atoms with E-state index in [1.165, 1.54) is 14.2 Å². The van der Waals surface area contributed by atoms with Crippen LogP contribution in [0.3, 0.4) is 0 Å². The largest absolute Gasteiger partial charge is 0.495 e. The summed E-state index contributed by atoms with van der Waals surface area (Å²) in [5.41, 5.74) is 1.93. The monoisotopic (exact) mass is 469 g/mol. The molecular weight excluding hydrogens is 446 g/mol. The van der Waals surface area contributed by atoms with Crippen molar-refractivity contribution in [1.29, 1.82) is 0 Å². The molecule has 0 bridgehead atoms. The van der Waals surface area contributed by atoms with E-state index in [-0.39, 0.29) is 0 Å². The predicted octanol–water partition coefficient (Wildman–Crippen LogP) is 4.97. The summed E-state index contributed by atoms with van der Waals surface area (Å²) in [4.78, 5) is 25.6. The van der Waals surface area contributed by atoms with Crippen molar-refractivity contribution in [1.82, 2.24) is 0 Å². The molecule has 7 nitrogen and oxygen atoms in total. The van der Waals surface area contributed by atoms with Crippen LogP contribution in [-0.2, 0) is 14.3 Å². The highest BCUT2D eigenvalue weighted by molar-refractivity contribution is 6.32. The number of carbonyl (C=O) groups is 2. The summed E-state index contributed by atoms with van der Waals surface area (Å²) in [5, 5.41) is 3.06. The molecule has 0 aromatic heterocycles. The third-order valence-electron chi connectivity index (χ3n) is 4.67. The molecule has 3 aromatic carbocycles. The van der Waals surface area contributed by atoms with Gasteiger partial charge in [-0.25, -0.2) is 4.79 Å². The second-order valence-electron chi connectivity index (χ2n) is 7.06. The van der Waals surface area contributed by atoms with Crippen molar-refractivity contribution < 1.29 is 28.5 Å². The smallest absolute Gasteiger partial charge is 0.345 e. The van der Waals surface area contributed by atoms with Gasteiger partial charge in [0.2, 0.25) is 6.10 Å². The number of hydrogen-bond donors (Lipinski definition) is 1. The van der Waals surface area contributed by atoms with E-state index in [9.17, 15) is 9.59 Å². The van der Waals surface area contributed by atoms with Gasteiger partial charge >= 0.3 is 5.97 Å². The molecule has 1 unspecified atom stereocenters. The van der Waals surface area contributed by atoms with Crippen molar-refractivity contribution >= 4 is 29.2 Å². The van der Waals surface area contributed by atoms with Gasteiger partial charge in [-0.2, -0.15) is 0 Å². The molecular formula is C25H24ClNO6. The quantitative estimate of drug-likeness (QED) is 0.445. The molecule has 1 atom stereocenters. The zero-order valence-electron chi connectivity index (χ0n) is 18.5. The van der Waals surface area contributed by atoms with E-state index in [1.54, 1.807) is 60.7 Å². The predicted molar refractivity (Wildman–Crippen MR) is 125 cm³/mol. The molecule has 3 aromatic rings. The summed E-state index contributed by atoms with van der Waals surface area (Å²) in [6.07, 6.45) is -1.19. The maximum absolute atomic E-state index is 13.0. The first-order valence-electron chi connectivity index (χ1n) is 10.1. The van der Waals surface area contributed by atoms with Crippen LogP contribution >= 0.6 is 11.6 Å². The van der Waals surface area contributed by atoms with Crippen LogP contribution in [0, 0.1) is 6.92 Å². The maximum atomic E-state index is 13.0. The van der Waals surface area contributed by atoms with Gasteiger partial charge in [-0.05, 0) is 42.8 Å². The van der Waals surface area contributed by atoms with E-state index in [0.717, 1.165) is 5.56 Å². The van der Waals surface area contributed by atoms with Gasteiger partial charge in [0, 0.05) is 11.3 Å². The van der Waals surface area contributed by atoms with Crippen molar-refractivity contribution in [2.45, 2.75) is 13.0 Å². The molecule has 0 aliphatic rings. The number of methoxy groups -OCH3 is 2. The summed E-state index contributed by atoms with van der Waals surface area (Å²) >= 11 is 6.14. The molecule has 0 aliphatic heterocycles. The summed E-state index contributed by atoms with van der Waals surface area (Å²) in [6.45, 7) is 1.52. The molecule has 172 valence electrons. The number of halogens is 1. The molecule has 0 fully saturated rings. The zero-order chi connectivity index (χ0) is 23.8. The van der Waals surface area contributed by atoms with Gasteiger partial charge in [0.05, 0.1) is 19.2 Å². The zero-order valence-corrected chi connectivity index (χ0v) is 19.2. The first-order chi connectivity index (χ1) is 15.9. The molecule has 0 spiro atoms. The highest BCUT2D eigenvalue weighted by atomic mass is 35.5. The summed E-state index contributed by atoms with van der Waals surface area (Å²) < 4.78 is 21.5. The number of nitrogens with one attached hydrogen (secondary N) is 1.